The van der Waals surface area contributed by atoms with E-state index in [2.05, 4.69) is 86.8 Å². The van der Waals surface area contributed by atoms with Crippen LogP contribution in [0.1, 0.15) is 168 Å². The van der Waals surface area contributed by atoms with Gasteiger partial charge in [0.1, 0.15) is 19.3 Å². The number of hydrogen-bond acceptors (Lipinski definition) is 5. The molecular formula is C43H72O5. The first-order valence-electron chi connectivity index (χ1n) is 19.5. The van der Waals surface area contributed by atoms with Crippen molar-refractivity contribution in [2.45, 2.75) is 174 Å². The number of rotatable bonds is 34. The normalized spacial score (nSPS) is 12.4. The molecule has 0 spiro atoms. The molecule has 0 aromatic heterocycles. The van der Waals surface area contributed by atoms with Crippen molar-refractivity contribution in [3.8, 4) is 0 Å². The van der Waals surface area contributed by atoms with Gasteiger partial charge in [-0.05, 0) is 77.0 Å². The maximum atomic E-state index is 12.0. The van der Waals surface area contributed by atoms with Crippen molar-refractivity contribution in [3.05, 3.63) is 72.9 Å². The molecule has 0 rings (SSSR count). The van der Waals surface area contributed by atoms with E-state index in [1.807, 2.05) is 0 Å². The Balaban J connectivity index is 3.49. The van der Waals surface area contributed by atoms with Crippen LogP contribution in [0.25, 0.3) is 0 Å². The van der Waals surface area contributed by atoms with Gasteiger partial charge >= 0.3 is 11.9 Å². The summed E-state index contributed by atoms with van der Waals surface area (Å²) in [6.07, 6.45) is 50.9. The van der Waals surface area contributed by atoms with Crippen LogP contribution >= 0.6 is 0 Å². The largest absolute Gasteiger partial charge is 0.463 e. The van der Waals surface area contributed by atoms with Crippen molar-refractivity contribution >= 4 is 11.9 Å². The Labute approximate surface area is 295 Å². The standard InChI is InChI=1S/C43H72O5/c1-3-5-7-9-11-13-15-17-19-21-23-25-27-29-31-33-35-37-42(45)47-39-41(44)40-48-43(46)38-36-34-32-30-28-26-24-22-20-18-16-14-12-10-8-6-4-2/h5-8,11-14,17-20,41,44H,3-4,9-10,15-16,21-40H2,1-2H3/b7-5-,8-6-,13-11-,14-12-,19-17-,20-18-. The second-order valence-electron chi connectivity index (χ2n) is 12.6. The van der Waals surface area contributed by atoms with Crippen LogP contribution in [0, 0.1) is 0 Å². The van der Waals surface area contributed by atoms with Crippen LogP contribution in [-0.4, -0.2) is 36.4 Å². The summed E-state index contributed by atoms with van der Waals surface area (Å²) in [5.74, 6) is -0.593. The molecule has 0 aliphatic heterocycles. The average Bonchev–Trinajstić information content (AvgIpc) is 3.09. The summed E-state index contributed by atoms with van der Waals surface area (Å²) in [6.45, 7) is 4.05. The molecule has 0 aromatic rings. The van der Waals surface area contributed by atoms with Crippen molar-refractivity contribution in [1.82, 2.24) is 0 Å². The van der Waals surface area contributed by atoms with Gasteiger partial charge in [-0.2, -0.15) is 0 Å². The minimum absolute atomic E-state index is 0.128. The van der Waals surface area contributed by atoms with E-state index in [1.165, 1.54) is 51.4 Å². The van der Waals surface area contributed by atoms with E-state index in [0.717, 1.165) is 89.9 Å². The Morgan fingerprint density at radius 2 is 0.729 bits per heavy atom. The highest BCUT2D eigenvalue weighted by molar-refractivity contribution is 5.69. The number of carbonyl (C=O) groups is 2. The third-order valence-electron chi connectivity index (χ3n) is 7.94. The molecule has 0 radical (unpaired) electrons. The van der Waals surface area contributed by atoms with Gasteiger partial charge in [0.15, 0.2) is 0 Å². The first kappa shape index (κ1) is 45.3. The van der Waals surface area contributed by atoms with Crippen molar-refractivity contribution in [2.75, 3.05) is 13.2 Å². The SMILES string of the molecule is CC/C=C\C/C=C\C/C=C\CCCCCCCCCC(=O)OCC(O)COC(=O)CCCCCCCCC/C=C\C/C=C\C/C=C\CC. The van der Waals surface area contributed by atoms with E-state index in [1.54, 1.807) is 0 Å². The summed E-state index contributed by atoms with van der Waals surface area (Å²) in [5, 5.41) is 10.0. The minimum atomic E-state index is -0.975. The maximum Gasteiger partial charge on any atom is 0.305 e. The number of aliphatic hydroxyl groups is 1. The first-order valence-corrected chi connectivity index (χ1v) is 19.5. The summed E-state index contributed by atoms with van der Waals surface area (Å²) in [5.41, 5.74) is 0. The Kier molecular flexibility index (Phi) is 36.6. The lowest BCUT2D eigenvalue weighted by molar-refractivity contribution is -0.152. The second-order valence-corrected chi connectivity index (χ2v) is 12.6. The monoisotopic (exact) mass is 669 g/mol. The van der Waals surface area contributed by atoms with Crippen LogP contribution in [0.3, 0.4) is 0 Å². The Morgan fingerprint density at radius 1 is 0.438 bits per heavy atom. The van der Waals surface area contributed by atoms with Crippen molar-refractivity contribution in [2.24, 2.45) is 0 Å². The first-order chi connectivity index (χ1) is 23.6. The summed E-state index contributed by atoms with van der Waals surface area (Å²) < 4.78 is 10.3. The summed E-state index contributed by atoms with van der Waals surface area (Å²) >= 11 is 0. The minimum Gasteiger partial charge on any atom is -0.463 e. The molecule has 0 aliphatic rings. The summed E-state index contributed by atoms with van der Waals surface area (Å²) in [7, 11) is 0. The zero-order valence-electron chi connectivity index (χ0n) is 31.0. The van der Waals surface area contributed by atoms with Crippen LogP contribution < -0.4 is 0 Å². The third-order valence-corrected chi connectivity index (χ3v) is 7.94. The molecule has 0 amide bonds. The number of allylic oxidation sites excluding steroid dienone is 12. The number of aliphatic hydroxyl groups excluding tert-OH is 1. The van der Waals surface area contributed by atoms with E-state index in [9.17, 15) is 14.7 Å². The van der Waals surface area contributed by atoms with Crippen molar-refractivity contribution in [1.29, 1.82) is 0 Å². The van der Waals surface area contributed by atoms with Crippen LogP contribution in [0.2, 0.25) is 0 Å². The smallest absolute Gasteiger partial charge is 0.305 e. The lowest BCUT2D eigenvalue weighted by Crippen LogP contribution is -2.25. The fraction of sp³-hybridized carbons (Fsp3) is 0.674. The number of esters is 2. The van der Waals surface area contributed by atoms with Gasteiger partial charge in [-0.15, -0.1) is 0 Å². The molecule has 0 aliphatic carbocycles. The predicted octanol–water partition coefficient (Wildman–Crippen LogP) is 12.2. The number of carbonyl (C=O) groups excluding carboxylic acids is 2. The highest BCUT2D eigenvalue weighted by Gasteiger charge is 2.12. The van der Waals surface area contributed by atoms with Gasteiger partial charge in [0, 0.05) is 12.8 Å². The van der Waals surface area contributed by atoms with E-state index >= 15 is 0 Å². The predicted molar refractivity (Wildman–Crippen MR) is 205 cm³/mol. The summed E-state index contributed by atoms with van der Waals surface area (Å²) in [6, 6.07) is 0. The number of ether oxygens (including phenoxy) is 2. The van der Waals surface area contributed by atoms with E-state index < -0.39 is 6.10 Å². The van der Waals surface area contributed by atoms with Gasteiger partial charge in [-0.25, -0.2) is 0 Å². The zero-order chi connectivity index (χ0) is 35.0. The molecule has 0 atom stereocenters. The molecular weight excluding hydrogens is 596 g/mol. The molecule has 0 bridgehead atoms. The Bertz CT molecular complexity index is 823. The van der Waals surface area contributed by atoms with E-state index in [0.29, 0.717) is 12.8 Å². The number of hydrogen-bond donors (Lipinski definition) is 1. The van der Waals surface area contributed by atoms with Gasteiger partial charge in [0.25, 0.3) is 0 Å². The zero-order valence-corrected chi connectivity index (χ0v) is 31.0. The molecule has 48 heavy (non-hydrogen) atoms. The van der Waals surface area contributed by atoms with E-state index in [4.69, 9.17) is 9.47 Å². The van der Waals surface area contributed by atoms with Gasteiger partial charge in [0.05, 0.1) is 0 Å². The van der Waals surface area contributed by atoms with Gasteiger partial charge in [-0.1, -0.05) is 151 Å². The molecule has 0 saturated heterocycles. The Morgan fingerprint density at radius 3 is 1.08 bits per heavy atom. The quantitative estimate of drug-likeness (QED) is 0.0420. The molecule has 1 N–H and O–H groups in total. The fourth-order valence-corrected chi connectivity index (χ4v) is 5.05. The van der Waals surface area contributed by atoms with Crippen LogP contribution in [-0.2, 0) is 19.1 Å². The van der Waals surface area contributed by atoms with E-state index in [-0.39, 0.29) is 25.2 Å². The van der Waals surface area contributed by atoms with Crippen LogP contribution in [0.5, 0.6) is 0 Å². The molecule has 0 saturated carbocycles. The lowest BCUT2D eigenvalue weighted by atomic mass is 10.1. The third kappa shape index (κ3) is 37.8. The molecule has 5 heteroatoms. The molecule has 0 unspecified atom stereocenters. The maximum absolute atomic E-state index is 12.0. The molecule has 274 valence electrons. The molecule has 0 heterocycles. The van der Waals surface area contributed by atoms with Gasteiger partial charge in [-0.3, -0.25) is 9.59 Å². The van der Waals surface area contributed by atoms with Crippen molar-refractivity contribution in [3.63, 3.8) is 0 Å². The van der Waals surface area contributed by atoms with Crippen LogP contribution in [0.15, 0.2) is 72.9 Å². The number of unbranched alkanes of at least 4 members (excludes halogenated alkanes) is 14. The highest BCUT2D eigenvalue weighted by atomic mass is 16.6. The second kappa shape index (κ2) is 38.8. The van der Waals surface area contributed by atoms with Gasteiger partial charge < -0.3 is 14.6 Å². The Hall–Kier alpha value is -2.66. The molecule has 0 aromatic carbocycles. The van der Waals surface area contributed by atoms with Crippen molar-refractivity contribution < 1.29 is 24.2 Å². The lowest BCUT2D eigenvalue weighted by Gasteiger charge is -2.12. The van der Waals surface area contributed by atoms with Gasteiger partial charge in [0.2, 0.25) is 0 Å². The topological polar surface area (TPSA) is 72.8 Å². The highest BCUT2D eigenvalue weighted by Crippen LogP contribution is 2.12. The molecule has 0 fully saturated rings. The summed E-state index contributed by atoms with van der Waals surface area (Å²) in [4.78, 5) is 23.9. The van der Waals surface area contributed by atoms with Crippen LogP contribution in [0.4, 0.5) is 0 Å². The average molecular weight is 669 g/mol. The molecule has 5 nitrogen and oxygen atoms in total. The fourth-order valence-electron chi connectivity index (χ4n) is 5.05.